The van der Waals surface area contributed by atoms with Crippen LogP contribution < -0.4 is 5.32 Å². The Kier molecular flexibility index (Phi) is 4.19. The lowest BCUT2D eigenvalue weighted by Gasteiger charge is -2.12. The van der Waals surface area contributed by atoms with Gasteiger partial charge in [-0.25, -0.2) is 0 Å². The third-order valence-electron chi connectivity index (χ3n) is 3.52. The zero-order chi connectivity index (χ0) is 14.2. The summed E-state index contributed by atoms with van der Waals surface area (Å²) < 4.78 is 1.72. The predicted molar refractivity (Wildman–Crippen MR) is 76.5 cm³/mol. The van der Waals surface area contributed by atoms with Crippen molar-refractivity contribution in [1.29, 1.82) is 0 Å². The number of hydrogen-bond donors (Lipinski definition) is 1. The molecule has 4 nitrogen and oxygen atoms in total. The zero-order valence-corrected chi connectivity index (χ0v) is 12.8. The van der Waals surface area contributed by atoms with Crippen LogP contribution in [0, 0.1) is 18.8 Å². The van der Waals surface area contributed by atoms with Gasteiger partial charge in [0.15, 0.2) is 0 Å². The lowest BCUT2D eigenvalue weighted by atomic mass is 10.2. The van der Waals surface area contributed by atoms with Gasteiger partial charge in [0, 0.05) is 12.6 Å². The maximum Gasteiger partial charge on any atom is 0.256 e. The summed E-state index contributed by atoms with van der Waals surface area (Å²) in [5.74, 6) is 0.976. The fraction of sp³-hybridized carbons (Fsp3) is 0.714. The molecule has 1 amide bonds. The van der Waals surface area contributed by atoms with Crippen LogP contribution >= 0.6 is 11.6 Å². The van der Waals surface area contributed by atoms with E-state index in [1.165, 1.54) is 12.8 Å². The number of carbonyl (C=O) groups excluding carboxylic acids is 1. The van der Waals surface area contributed by atoms with E-state index in [0.717, 1.165) is 6.54 Å². The van der Waals surface area contributed by atoms with Crippen LogP contribution in [0.4, 0.5) is 0 Å². The summed E-state index contributed by atoms with van der Waals surface area (Å²) in [5, 5.41) is 7.84. The third kappa shape index (κ3) is 3.30. The molecule has 106 valence electrons. The van der Waals surface area contributed by atoms with Crippen molar-refractivity contribution < 1.29 is 4.79 Å². The van der Waals surface area contributed by atoms with E-state index in [2.05, 4.69) is 31.2 Å². The van der Waals surface area contributed by atoms with Crippen LogP contribution in [0.1, 0.15) is 49.7 Å². The van der Waals surface area contributed by atoms with Crippen molar-refractivity contribution >= 4 is 17.5 Å². The molecule has 0 radical (unpaired) electrons. The number of nitrogens with zero attached hydrogens (tertiary/aromatic N) is 2. The summed E-state index contributed by atoms with van der Waals surface area (Å²) in [6.07, 6.45) is 2.42. The largest absolute Gasteiger partial charge is 0.349 e. The van der Waals surface area contributed by atoms with Crippen molar-refractivity contribution in [3.8, 4) is 0 Å². The number of aromatic nitrogens is 2. The molecule has 1 saturated carbocycles. The molecular formula is C14H22ClN3O. The minimum atomic E-state index is -0.100. The highest BCUT2D eigenvalue weighted by Gasteiger charge is 2.30. The molecule has 19 heavy (non-hydrogen) atoms. The number of rotatable bonds is 5. The van der Waals surface area contributed by atoms with Crippen molar-refractivity contribution in [3.63, 3.8) is 0 Å². The van der Waals surface area contributed by atoms with E-state index in [1.807, 2.05) is 6.92 Å². The van der Waals surface area contributed by atoms with Crippen LogP contribution in [0.2, 0.25) is 5.15 Å². The highest BCUT2D eigenvalue weighted by molar-refractivity contribution is 6.33. The van der Waals surface area contributed by atoms with Gasteiger partial charge in [0.2, 0.25) is 0 Å². The van der Waals surface area contributed by atoms with Crippen molar-refractivity contribution in [2.75, 3.05) is 0 Å². The average molecular weight is 284 g/mol. The summed E-state index contributed by atoms with van der Waals surface area (Å²) in [5.41, 5.74) is 1.22. The number of hydrogen-bond acceptors (Lipinski definition) is 2. The molecule has 1 aliphatic carbocycles. The van der Waals surface area contributed by atoms with Gasteiger partial charge >= 0.3 is 0 Å². The van der Waals surface area contributed by atoms with Crippen LogP contribution in [0.15, 0.2) is 0 Å². The van der Waals surface area contributed by atoms with Crippen LogP contribution in [-0.4, -0.2) is 21.7 Å². The molecule has 0 unspecified atom stereocenters. The van der Waals surface area contributed by atoms with Crippen LogP contribution in [-0.2, 0) is 6.54 Å². The second-order valence-electron chi connectivity index (χ2n) is 5.93. The van der Waals surface area contributed by atoms with E-state index >= 15 is 0 Å². The Bertz CT molecular complexity index is 477. The van der Waals surface area contributed by atoms with Gasteiger partial charge in [0.25, 0.3) is 5.91 Å². The molecule has 1 aliphatic rings. The summed E-state index contributed by atoms with van der Waals surface area (Å²) in [6, 6.07) is 0.219. The molecule has 1 aromatic rings. The lowest BCUT2D eigenvalue weighted by molar-refractivity contribution is 0.0935. The van der Waals surface area contributed by atoms with Crippen LogP contribution in [0.5, 0.6) is 0 Å². The first-order chi connectivity index (χ1) is 8.90. The Morgan fingerprint density at radius 1 is 1.47 bits per heavy atom. The number of nitrogens with one attached hydrogen (secondary N) is 1. The first kappa shape index (κ1) is 14.4. The van der Waals surface area contributed by atoms with E-state index in [-0.39, 0.29) is 11.9 Å². The molecular weight excluding hydrogens is 262 g/mol. The zero-order valence-electron chi connectivity index (χ0n) is 12.0. The summed E-state index contributed by atoms with van der Waals surface area (Å²) in [6.45, 7) is 8.81. The monoisotopic (exact) mass is 283 g/mol. The molecule has 2 rings (SSSR count). The first-order valence-electron chi connectivity index (χ1n) is 6.94. The quantitative estimate of drug-likeness (QED) is 0.903. The van der Waals surface area contributed by atoms with Gasteiger partial charge in [-0.1, -0.05) is 25.4 Å². The van der Waals surface area contributed by atoms with Gasteiger partial charge in [0.05, 0.1) is 11.3 Å². The SMILES string of the molecule is Cc1nn(CC(C)C)c(Cl)c1C(=O)N[C@@H](C)C1CC1. The normalized spacial score (nSPS) is 16.7. The van der Waals surface area contributed by atoms with E-state index in [9.17, 15) is 4.79 Å². The molecule has 0 aliphatic heterocycles. The smallest absolute Gasteiger partial charge is 0.256 e. The summed E-state index contributed by atoms with van der Waals surface area (Å²) in [7, 11) is 0. The Balaban J connectivity index is 2.14. The molecule has 0 bridgehead atoms. The van der Waals surface area contributed by atoms with E-state index in [1.54, 1.807) is 4.68 Å². The Labute approximate surface area is 119 Å². The number of halogens is 1. The third-order valence-corrected chi connectivity index (χ3v) is 3.90. The standard InChI is InChI=1S/C14H22ClN3O/c1-8(2)7-18-13(15)12(10(4)17-18)14(19)16-9(3)11-5-6-11/h8-9,11H,5-7H2,1-4H3,(H,16,19)/t9-/m0/s1. The molecule has 5 heteroatoms. The molecule has 0 aromatic carbocycles. The lowest BCUT2D eigenvalue weighted by Crippen LogP contribution is -2.34. The molecule has 1 heterocycles. The van der Waals surface area contributed by atoms with Gasteiger partial charge in [-0.05, 0) is 38.5 Å². The summed E-state index contributed by atoms with van der Waals surface area (Å²) >= 11 is 6.29. The minimum absolute atomic E-state index is 0.100. The Hall–Kier alpha value is -1.03. The van der Waals surface area contributed by atoms with Crippen LogP contribution in [0.3, 0.4) is 0 Å². The molecule has 1 N–H and O–H groups in total. The van der Waals surface area contributed by atoms with Crippen molar-refractivity contribution in [2.24, 2.45) is 11.8 Å². The van der Waals surface area contributed by atoms with Crippen molar-refractivity contribution in [1.82, 2.24) is 15.1 Å². The molecule has 1 fully saturated rings. The Morgan fingerprint density at radius 2 is 2.11 bits per heavy atom. The Morgan fingerprint density at radius 3 is 2.63 bits per heavy atom. The molecule has 1 atom stereocenters. The fourth-order valence-corrected chi connectivity index (χ4v) is 2.60. The predicted octanol–water partition coefficient (Wildman–Crippen LogP) is 3.03. The second-order valence-corrected chi connectivity index (χ2v) is 6.28. The van der Waals surface area contributed by atoms with Gasteiger partial charge in [-0.3, -0.25) is 9.48 Å². The van der Waals surface area contributed by atoms with E-state index < -0.39 is 0 Å². The summed E-state index contributed by atoms with van der Waals surface area (Å²) in [4.78, 5) is 12.3. The first-order valence-corrected chi connectivity index (χ1v) is 7.31. The highest BCUT2D eigenvalue weighted by atomic mass is 35.5. The molecule has 1 aromatic heterocycles. The van der Waals surface area contributed by atoms with Gasteiger partial charge < -0.3 is 5.32 Å². The fourth-order valence-electron chi connectivity index (χ4n) is 2.27. The number of amides is 1. The number of aryl methyl sites for hydroxylation is 1. The second kappa shape index (κ2) is 5.53. The van der Waals surface area contributed by atoms with E-state index in [4.69, 9.17) is 11.6 Å². The molecule has 0 saturated heterocycles. The van der Waals surface area contributed by atoms with Gasteiger partial charge in [0.1, 0.15) is 5.15 Å². The van der Waals surface area contributed by atoms with E-state index in [0.29, 0.717) is 28.2 Å². The average Bonchev–Trinajstić information content (AvgIpc) is 3.07. The highest BCUT2D eigenvalue weighted by Crippen LogP contribution is 2.32. The van der Waals surface area contributed by atoms with Crippen molar-refractivity contribution in [3.05, 3.63) is 16.4 Å². The van der Waals surface area contributed by atoms with Gasteiger partial charge in [-0.15, -0.1) is 0 Å². The van der Waals surface area contributed by atoms with Crippen LogP contribution in [0.25, 0.3) is 0 Å². The number of carbonyl (C=O) groups is 1. The molecule has 0 spiro atoms. The maximum absolute atomic E-state index is 12.3. The van der Waals surface area contributed by atoms with Gasteiger partial charge in [-0.2, -0.15) is 5.10 Å². The topological polar surface area (TPSA) is 46.9 Å². The van der Waals surface area contributed by atoms with Crippen molar-refractivity contribution in [2.45, 2.75) is 53.1 Å². The minimum Gasteiger partial charge on any atom is -0.349 e. The maximum atomic E-state index is 12.3.